The highest BCUT2D eigenvalue weighted by Crippen LogP contribution is 2.60. The number of ether oxygens (including phenoxy) is 1. The van der Waals surface area contributed by atoms with Gasteiger partial charge in [0.15, 0.2) is 11.9 Å². The third-order valence-electron chi connectivity index (χ3n) is 7.14. The smallest absolute Gasteiger partial charge is 0.260 e. The van der Waals surface area contributed by atoms with Crippen LogP contribution in [-0.4, -0.2) is 30.9 Å². The Hall–Kier alpha value is -2.04. The Kier molecular flexibility index (Phi) is 3.56. The zero-order chi connectivity index (χ0) is 17.9. The number of nitrogens with zero attached hydrogens (tertiary/aromatic N) is 1. The van der Waals surface area contributed by atoms with Crippen molar-refractivity contribution in [1.29, 1.82) is 0 Å². The van der Waals surface area contributed by atoms with Crippen molar-refractivity contribution in [2.45, 2.75) is 44.6 Å². The molecule has 0 radical (unpaired) electrons. The third-order valence-corrected chi connectivity index (χ3v) is 7.14. The number of primary amides is 1. The summed E-state index contributed by atoms with van der Waals surface area (Å²) in [6.45, 7) is 0.709. The first-order valence-electron chi connectivity index (χ1n) is 9.86. The Bertz CT molecular complexity index is 724. The van der Waals surface area contributed by atoms with E-state index in [1.54, 1.807) is 0 Å². The molecule has 26 heavy (non-hydrogen) atoms. The summed E-state index contributed by atoms with van der Waals surface area (Å²) in [5.41, 5.74) is 6.26. The number of fused-ring (bicyclic) bond motifs is 1. The zero-order valence-corrected chi connectivity index (χ0v) is 15.0. The molecular formula is C21H26N2O3. The molecule has 5 nitrogen and oxygen atoms in total. The van der Waals surface area contributed by atoms with Crippen molar-refractivity contribution in [3.63, 3.8) is 0 Å². The van der Waals surface area contributed by atoms with Crippen molar-refractivity contribution < 1.29 is 14.3 Å². The van der Waals surface area contributed by atoms with Gasteiger partial charge < -0.3 is 15.4 Å². The van der Waals surface area contributed by atoms with Crippen LogP contribution >= 0.6 is 0 Å². The van der Waals surface area contributed by atoms with E-state index in [4.69, 9.17) is 10.5 Å². The van der Waals surface area contributed by atoms with E-state index < -0.39 is 12.0 Å². The molecule has 1 aliphatic heterocycles. The van der Waals surface area contributed by atoms with Crippen molar-refractivity contribution in [1.82, 2.24) is 0 Å². The van der Waals surface area contributed by atoms with Crippen molar-refractivity contribution in [3.8, 4) is 5.75 Å². The molecule has 5 heteroatoms. The molecule has 5 aliphatic rings. The van der Waals surface area contributed by atoms with E-state index >= 15 is 0 Å². The Labute approximate surface area is 153 Å². The van der Waals surface area contributed by atoms with Gasteiger partial charge in [0.05, 0.1) is 18.8 Å². The number of para-hydroxylation sites is 2. The van der Waals surface area contributed by atoms with Crippen LogP contribution in [0.1, 0.15) is 38.5 Å². The summed E-state index contributed by atoms with van der Waals surface area (Å²) in [4.78, 5) is 27.2. The first-order chi connectivity index (χ1) is 12.5. The summed E-state index contributed by atoms with van der Waals surface area (Å²) >= 11 is 0. The molecule has 4 fully saturated rings. The number of carbonyl (C=O) groups is 2. The van der Waals surface area contributed by atoms with Gasteiger partial charge in [-0.3, -0.25) is 9.59 Å². The van der Waals surface area contributed by atoms with Crippen molar-refractivity contribution in [3.05, 3.63) is 24.3 Å². The van der Waals surface area contributed by atoms with Crippen molar-refractivity contribution in [2.75, 3.05) is 18.0 Å². The van der Waals surface area contributed by atoms with Crippen LogP contribution in [0, 0.1) is 23.2 Å². The molecular weight excluding hydrogens is 328 g/mol. The van der Waals surface area contributed by atoms with Gasteiger partial charge in [-0.25, -0.2) is 0 Å². The van der Waals surface area contributed by atoms with Crippen LogP contribution in [0.4, 0.5) is 5.69 Å². The molecule has 1 aromatic carbocycles. The first-order valence-corrected chi connectivity index (χ1v) is 9.86. The number of anilines is 1. The molecule has 4 bridgehead atoms. The number of benzene rings is 1. The predicted molar refractivity (Wildman–Crippen MR) is 97.9 cm³/mol. The summed E-state index contributed by atoms with van der Waals surface area (Å²) in [5.74, 6) is 2.77. The summed E-state index contributed by atoms with van der Waals surface area (Å²) in [5, 5.41) is 0. The minimum Gasteiger partial charge on any atom is -0.477 e. The third kappa shape index (κ3) is 2.51. The van der Waals surface area contributed by atoms with Crippen LogP contribution < -0.4 is 15.4 Å². The van der Waals surface area contributed by atoms with Gasteiger partial charge in [0.25, 0.3) is 5.91 Å². The Morgan fingerprint density at radius 1 is 1.08 bits per heavy atom. The highest BCUT2D eigenvalue weighted by atomic mass is 16.5. The lowest BCUT2D eigenvalue weighted by Crippen LogP contribution is -2.54. The van der Waals surface area contributed by atoms with Crippen LogP contribution in [0.15, 0.2) is 24.3 Å². The average molecular weight is 354 g/mol. The molecule has 138 valence electrons. The fourth-order valence-corrected chi connectivity index (χ4v) is 6.40. The lowest BCUT2D eigenvalue weighted by Gasteiger charge is -2.56. The Balaban J connectivity index is 1.40. The van der Waals surface area contributed by atoms with E-state index in [0.717, 1.165) is 42.7 Å². The summed E-state index contributed by atoms with van der Waals surface area (Å²) in [6.07, 6.45) is 6.51. The maximum Gasteiger partial charge on any atom is 0.260 e. The van der Waals surface area contributed by atoms with Gasteiger partial charge in [-0.15, -0.1) is 0 Å². The number of carbonyl (C=O) groups excluding carboxylic acids is 2. The normalized spacial score (nSPS) is 37.2. The largest absolute Gasteiger partial charge is 0.477 e. The van der Waals surface area contributed by atoms with Crippen molar-refractivity contribution in [2.24, 2.45) is 28.9 Å². The van der Waals surface area contributed by atoms with Crippen LogP contribution in [0.2, 0.25) is 0 Å². The SMILES string of the molecule is NC(=O)[C@H]1CN(CC(=O)C23CC4CC(CC(C4)C2)C3)c2ccccc2O1. The van der Waals surface area contributed by atoms with E-state index in [-0.39, 0.29) is 5.41 Å². The summed E-state index contributed by atoms with van der Waals surface area (Å²) in [6, 6.07) is 7.61. The minimum atomic E-state index is -0.700. The van der Waals surface area contributed by atoms with Crippen molar-refractivity contribution >= 4 is 17.4 Å². The monoisotopic (exact) mass is 354 g/mol. The molecule has 4 aliphatic carbocycles. The van der Waals surface area contributed by atoms with Gasteiger partial charge in [0.2, 0.25) is 0 Å². The predicted octanol–water partition coefficient (Wildman–Crippen LogP) is 2.52. The molecule has 2 N–H and O–H groups in total. The maximum absolute atomic E-state index is 13.5. The topological polar surface area (TPSA) is 72.6 Å². The van der Waals surface area contributed by atoms with E-state index in [9.17, 15) is 9.59 Å². The molecule has 0 saturated heterocycles. The lowest BCUT2D eigenvalue weighted by atomic mass is 9.48. The molecule has 1 atom stereocenters. The van der Waals surface area contributed by atoms with Gasteiger partial charge in [0.1, 0.15) is 5.75 Å². The van der Waals surface area contributed by atoms with Gasteiger partial charge in [-0.05, 0) is 68.4 Å². The molecule has 1 amide bonds. The number of hydrogen-bond donors (Lipinski definition) is 1. The van der Waals surface area contributed by atoms with Crippen LogP contribution in [-0.2, 0) is 9.59 Å². The quantitative estimate of drug-likeness (QED) is 0.902. The van der Waals surface area contributed by atoms with Gasteiger partial charge in [-0.2, -0.15) is 0 Å². The number of hydrogen-bond acceptors (Lipinski definition) is 4. The molecule has 6 rings (SSSR count). The second-order valence-corrected chi connectivity index (χ2v) is 8.98. The first kappa shape index (κ1) is 16.2. The number of Topliss-reactive ketones (excluding diaryl/α,β-unsaturated/α-hetero) is 1. The highest BCUT2D eigenvalue weighted by Gasteiger charge is 2.54. The number of nitrogens with two attached hydrogens (primary N) is 1. The zero-order valence-electron chi connectivity index (χ0n) is 15.0. The number of amides is 1. The fourth-order valence-electron chi connectivity index (χ4n) is 6.40. The molecule has 0 spiro atoms. The second-order valence-electron chi connectivity index (χ2n) is 8.98. The second kappa shape index (κ2) is 5.73. The van der Waals surface area contributed by atoms with Crippen LogP contribution in [0.25, 0.3) is 0 Å². The van der Waals surface area contributed by atoms with E-state index in [1.807, 2.05) is 29.2 Å². The Morgan fingerprint density at radius 3 is 2.31 bits per heavy atom. The Morgan fingerprint density at radius 2 is 1.69 bits per heavy atom. The fraction of sp³-hybridized carbons (Fsp3) is 0.619. The molecule has 0 aromatic heterocycles. The lowest BCUT2D eigenvalue weighted by molar-refractivity contribution is -0.142. The molecule has 1 aromatic rings. The van der Waals surface area contributed by atoms with Crippen LogP contribution in [0.5, 0.6) is 5.75 Å². The van der Waals surface area contributed by atoms with E-state index in [0.29, 0.717) is 24.6 Å². The maximum atomic E-state index is 13.5. The highest BCUT2D eigenvalue weighted by molar-refractivity contribution is 5.91. The van der Waals surface area contributed by atoms with Gasteiger partial charge >= 0.3 is 0 Å². The number of ketones is 1. The molecule has 4 saturated carbocycles. The van der Waals surface area contributed by atoms with E-state index in [1.165, 1.54) is 19.3 Å². The van der Waals surface area contributed by atoms with Gasteiger partial charge in [0, 0.05) is 5.41 Å². The number of rotatable bonds is 4. The average Bonchev–Trinajstić information content (AvgIpc) is 2.60. The minimum absolute atomic E-state index is 0.121. The van der Waals surface area contributed by atoms with E-state index in [2.05, 4.69) is 0 Å². The summed E-state index contributed by atoms with van der Waals surface area (Å²) < 4.78 is 5.73. The standard InChI is InChI=1S/C21H26N2O3/c22-20(25)18-11-23(16-3-1-2-4-17(16)26-18)12-19(24)21-8-13-5-14(9-21)7-15(6-13)10-21/h1-4,13-15,18H,5-12H2,(H2,22,25)/t13?,14?,15?,18-,21?/m1/s1. The molecule has 0 unspecified atom stereocenters. The molecule has 1 heterocycles. The van der Waals surface area contributed by atoms with Gasteiger partial charge in [-0.1, -0.05) is 12.1 Å². The summed E-state index contributed by atoms with van der Waals surface area (Å²) in [7, 11) is 0. The van der Waals surface area contributed by atoms with Crippen LogP contribution in [0.3, 0.4) is 0 Å².